The van der Waals surface area contributed by atoms with Crippen molar-refractivity contribution >= 4 is 5.91 Å². The summed E-state index contributed by atoms with van der Waals surface area (Å²) < 4.78 is 4.76. The first-order chi connectivity index (χ1) is 12.6. The molecule has 26 heavy (non-hydrogen) atoms. The molecule has 0 aromatic carbocycles. The van der Waals surface area contributed by atoms with Gasteiger partial charge in [0.1, 0.15) is 22.8 Å². The molecule has 1 amide bonds. The summed E-state index contributed by atoms with van der Waals surface area (Å²) in [5, 5.41) is 7.69. The predicted molar refractivity (Wildman–Crippen MR) is 90.1 cm³/mol. The number of H-pyrrole nitrogens is 1. The third-order valence-electron chi connectivity index (χ3n) is 4.48. The highest BCUT2D eigenvalue weighted by Gasteiger charge is 2.35. The smallest absolute Gasteiger partial charge is 0.264 e. The second-order valence-corrected chi connectivity index (χ2v) is 6.11. The van der Waals surface area contributed by atoms with Gasteiger partial charge in [0.25, 0.3) is 11.5 Å². The summed E-state index contributed by atoms with van der Waals surface area (Å²) in [6.07, 6.45) is 6.11. The zero-order valence-electron chi connectivity index (χ0n) is 14.0. The minimum atomic E-state index is -0.482. The number of carbonyl (C=O) groups is 1. The standard InChI is InChI=1S/C17H16N6O3/c1-10-14(22-26-21-10)13-5-3-7-23(13)17(25)12-9-19-15(20-16(12)24)11-4-2-6-18-8-11/h2,4,6,8-9,13H,3,5,7H2,1H3,(H,19,20,24)/t13-/m0/s1. The Bertz CT molecular complexity index is 997. The molecule has 132 valence electrons. The van der Waals surface area contributed by atoms with Gasteiger partial charge in [-0.2, -0.15) is 0 Å². The number of aryl methyl sites for hydroxylation is 1. The van der Waals surface area contributed by atoms with E-state index >= 15 is 0 Å². The van der Waals surface area contributed by atoms with Crippen molar-refractivity contribution in [2.24, 2.45) is 0 Å². The van der Waals surface area contributed by atoms with Crippen LogP contribution in [0.15, 0.2) is 40.1 Å². The van der Waals surface area contributed by atoms with E-state index < -0.39 is 5.56 Å². The van der Waals surface area contributed by atoms with Crippen molar-refractivity contribution in [2.45, 2.75) is 25.8 Å². The highest BCUT2D eigenvalue weighted by Crippen LogP contribution is 2.32. The van der Waals surface area contributed by atoms with Crippen molar-refractivity contribution in [3.8, 4) is 11.4 Å². The zero-order chi connectivity index (χ0) is 18.1. The highest BCUT2D eigenvalue weighted by molar-refractivity contribution is 5.94. The van der Waals surface area contributed by atoms with Gasteiger partial charge in [-0.25, -0.2) is 9.61 Å². The summed E-state index contributed by atoms with van der Waals surface area (Å²) >= 11 is 0. The zero-order valence-corrected chi connectivity index (χ0v) is 14.0. The highest BCUT2D eigenvalue weighted by atomic mass is 16.6. The van der Waals surface area contributed by atoms with Crippen molar-refractivity contribution in [3.05, 3.63) is 58.0 Å². The lowest BCUT2D eigenvalue weighted by molar-refractivity contribution is 0.0728. The normalized spacial score (nSPS) is 16.8. The fourth-order valence-electron chi connectivity index (χ4n) is 3.19. The molecule has 1 aliphatic heterocycles. The van der Waals surface area contributed by atoms with E-state index in [1.807, 2.05) is 0 Å². The van der Waals surface area contributed by atoms with Crippen LogP contribution in [0.4, 0.5) is 0 Å². The summed E-state index contributed by atoms with van der Waals surface area (Å²) in [6, 6.07) is 3.28. The van der Waals surface area contributed by atoms with Gasteiger partial charge in [0, 0.05) is 30.7 Å². The van der Waals surface area contributed by atoms with Crippen LogP contribution in [0.3, 0.4) is 0 Å². The minimum absolute atomic E-state index is 0.00125. The van der Waals surface area contributed by atoms with Crippen molar-refractivity contribution in [2.75, 3.05) is 6.54 Å². The van der Waals surface area contributed by atoms with Gasteiger partial charge in [-0.3, -0.25) is 14.6 Å². The maximum Gasteiger partial charge on any atom is 0.264 e. The van der Waals surface area contributed by atoms with Crippen LogP contribution in [-0.2, 0) is 0 Å². The topological polar surface area (TPSA) is 118 Å². The Morgan fingerprint density at radius 1 is 1.35 bits per heavy atom. The Balaban J connectivity index is 1.64. The van der Waals surface area contributed by atoms with Crippen LogP contribution in [0.2, 0.25) is 0 Å². The lowest BCUT2D eigenvalue weighted by Crippen LogP contribution is -2.35. The number of pyridine rings is 1. The number of aromatic nitrogens is 5. The van der Waals surface area contributed by atoms with Crippen molar-refractivity contribution in [1.29, 1.82) is 0 Å². The number of hydrogen-bond donors (Lipinski definition) is 1. The molecule has 0 bridgehead atoms. The van der Waals surface area contributed by atoms with Gasteiger partial charge in [0.2, 0.25) is 0 Å². The maximum absolute atomic E-state index is 12.9. The number of amides is 1. The molecule has 4 heterocycles. The van der Waals surface area contributed by atoms with E-state index in [-0.39, 0.29) is 17.5 Å². The second-order valence-electron chi connectivity index (χ2n) is 6.11. The SMILES string of the molecule is Cc1nonc1[C@@H]1CCCN1C(=O)c1cnc(-c2cccnc2)[nH]c1=O. The summed E-state index contributed by atoms with van der Waals surface area (Å²) in [7, 11) is 0. The molecule has 3 aromatic heterocycles. The van der Waals surface area contributed by atoms with Crippen molar-refractivity contribution < 1.29 is 9.42 Å². The number of hydrogen-bond acceptors (Lipinski definition) is 7. The molecule has 0 unspecified atom stereocenters. The van der Waals surface area contributed by atoms with Crippen LogP contribution in [0.25, 0.3) is 11.4 Å². The Morgan fingerprint density at radius 2 is 2.23 bits per heavy atom. The molecule has 1 N–H and O–H groups in total. The van der Waals surface area contributed by atoms with Gasteiger partial charge in [-0.1, -0.05) is 10.3 Å². The van der Waals surface area contributed by atoms with Crippen LogP contribution < -0.4 is 5.56 Å². The molecule has 1 aliphatic rings. The molecule has 0 spiro atoms. The van der Waals surface area contributed by atoms with E-state index in [1.54, 1.807) is 36.4 Å². The average molecular weight is 352 g/mol. The molecule has 0 radical (unpaired) electrons. The van der Waals surface area contributed by atoms with E-state index in [0.29, 0.717) is 29.3 Å². The number of carbonyl (C=O) groups excluding carboxylic acids is 1. The number of aromatic amines is 1. The molecular weight excluding hydrogens is 336 g/mol. The molecule has 0 aliphatic carbocycles. The molecule has 1 atom stereocenters. The molecule has 0 saturated carbocycles. The largest absolute Gasteiger partial charge is 0.330 e. The second kappa shape index (κ2) is 6.51. The van der Waals surface area contributed by atoms with Crippen LogP contribution in [-0.4, -0.2) is 42.6 Å². The average Bonchev–Trinajstić information content (AvgIpc) is 3.30. The molecule has 4 rings (SSSR count). The molecular formula is C17H16N6O3. The fourth-order valence-corrected chi connectivity index (χ4v) is 3.19. The fraction of sp³-hybridized carbons (Fsp3) is 0.294. The van der Waals surface area contributed by atoms with Gasteiger partial charge >= 0.3 is 0 Å². The maximum atomic E-state index is 12.9. The molecule has 9 heteroatoms. The first-order valence-electron chi connectivity index (χ1n) is 8.25. The van der Waals surface area contributed by atoms with Crippen LogP contribution in [0.1, 0.15) is 40.6 Å². The van der Waals surface area contributed by atoms with Crippen LogP contribution in [0, 0.1) is 6.92 Å². The summed E-state index contributed by atoms with van der Waals surface area (Å²) in [6.45, 7) is 2.32. The Labute approximate surface area is 148 Å². The molecule has 9 nitrogen and oxygen atoms in total. The summed E-state index contributed by atoms with van der Waals surface area (Å²) in [4.78, 5) is 37.9. The molecule has 1 fully saturated rings. The third-order valence-corrected chi connectivity index (χ3v) is 4.48. The van der Waals surface area contributed by atoms with E-state index in [1.165, 1.54) is 6.20 Å². The van der Waals surface area contributed by atoms with E-state index in [2.05, 4.69) is 25.3 Å². The third kappa shape index (κ3) is 2.77. The van der Waals surface area contributed by atoms with Gasteiger partial charge < -0.3 is 9.88 Å². The van der Waals surface area contributed by atoms with Gasteiger partial charge in [-0.05, 0) is 31.9 Å². The lowest BCUT2D eigenvalue weighted by atomic mass is 10.1. The van der Waals surface area contributed by atoms with Gasteiger partial charge in [-0.15, -0.1) is 0 Å². The summed E-state index contributed by atoms with van der Waals surface area (Å²) in [5.41, 5.74) is 1.47. The van der Waals surface area contributed by atoms with Gasteiger partial charge in [0.05, 0.1) is 6.04 Å². The van der Waals surface area contributed by atoms with Crippen molar-refractivity contribution in [3.63, 3.8) is 0 Å². The quantitative estimate of drug-likeness (QED) is 0.759. The number of nitrogens with one attached hydrogen (secondary N) is 1. The molecule has 3 aromatic rings. The Kier molecular flexibility index (Phi) is 4.04. The first-order valence-corrected chi connectivity index (χ1v) is 8.25. The minimum Gasteiger partial charge on any atom is -0.330 e. The lowest BCUT2D eigenvalue weighted by Gasteiger charge is -2.22. The first kappa shape index (κ1) is 16.1. The predicted octanol–water partition coefficient (Wildman–Crippen LogP) is 1.50. The van der Waals surface area contributed by atoms with Crippen molar-refractivity contribution in [1.82, 2.24) is 30.2 Å². The van der Waals surface area contributed by atoms with Gasteiger partial charge in [0.15, 0.2) is 0 Å². The van der Waals surface area contributed by atoms with Crippen LogP contribution in [0.5, 0.6) is 0 Å². The number of rotatable bonds is 3. The Hall–Kier alpha value is -3.36. The van der Waals surface area contributed by atoms with E-state index in [9.17, 15) is 9.59 Å². The number of nitrogens with zero attached hydrogens (tertiary/aromatic N) is 5. The van der Waals surface area contributed by atoms with E-state index in [4.69, 9.17) is 4.63 Å². The van der Waals surface area contributed by atoms with E-state index in [0.717, 1.165) is 12.8 Å². The monoisotopic (exact) mass is 352 g/mol. The number of likely N-dealkylation sites (tertiary alicyclic amines) is 1. The molecule has 1 saturated heterocycles. The Morgan fingerprint density at radius 3 is 2.92 bits per heavy atom. The summed E-state index contributed by atoms with van der Waals surface area (Å²) in [5.74, 6) is -0.00412. The van der Waals surface area contributed by atoms with Crippen LogP contribution >= 0.6 is 0 Å².